The number of hydrogen-bond acceptors (Lipinski definition) is 6. The van der Waals surface area contributed by atoms with Crippen molar-refractivity contribution in [1.29, 1.82) is 0 Å². The highest BCUT2D eigenvalue weighted by Gasteiger charge is 2.02. The number of ether oxygens (including phenoxy) is 4. The van der Waals surface area contributed by atoms with Crippen LogP contribution in [-0.2, 0) is 93.5 Å². The number of hydrogen-bond donors (Lipinski definition) is 0. The van der Waals surface area contributed by atoms with Crippen molar-refractivity contribution in [2.45, 2.75) is 209 Å². The molecule has 4 aromatic rings. The number of carbonyl (C=O) groups is 2. The van der Waals surface area contributed by atoms with Crippen molar-refractivity contribution in [3.63, 3.8) is 0 Å². The Kier molecular flexibility index (Phi) is 77.5. The first-order valence-electron chi connectivity index (χ1n) is 18.7. The van der Waals surface area contributed by atoms with Crippen molar-refractivity contribution >= 4 is 11.9 Å². The molecule has 4 rings (SSSR count). The van der Waals surface area contributed by atoms with Crippen LogP contribution in [-0.4, -0.2) is 26.2 Å². The molecule has 0 aliphatic carbocycles. The van der Waals surface area contributed by atoms with Gasteiger partial charge in [-0.05, 0) is 94.2 Å². The van der Waals surface area contributed by atoms with Gasteiger partial charge >= 0.3 is 11.9 Å². The number of rotatable bonds is 14. The summed E-state index contributed by atoms with van der Waals surface area (Å²) in [6.45, 7) is 17.9. The molecule has 6 nitrogen and oxygen atoms in total. The Morgan fingerprint density at radius 3 is 0.734 bits per heavy atom. The molecule has 380 valence electrons. The van der Waals surface area contributed by atoms with Crippen LogP contribution in [0.5, 0.6) is 0 Å². The fourth-order valence-corrected chi connectivity index (χ4v) is 5.11. The van der Waals surface area contributed by atoms with Gasteiger partial charge in [0.1, 0.15) is 13.2 Å². The molecule has 0 aliphatic heterocycles. The minimum Gasteiger partial charge on any atom is -0.461 e. The smallest absolute Gasteiger partial charge is 0.302 e. The van der Waals surface area contributed by atoms with Gasteiger partial charge in [-0.15, -0.1) is 0 Å². The molecular formula is C58H112O6. The second-order valence-electron chi connectivity index (χ2n) is 12.5. The molecule has 0 amide bonds. The van der Waals surface area contributed by atoms with E-state index in [1.165, 1.54) is 58.4 Å². The third-order valence-electron chi connectivity index (χ3n) is 8.23. The molecule has 0 unspecified atom stereocenters. The van der Waals surface area contributed by atoms with Crippen molar-refractivity contribution in [1.82, 2.24) is 0 Å². The zero-order valence-electron chi connectivity index (χ0n) is 33.6. The van der Waals surface area contributed by atoms with Gasteiger partial charge in [0.05, 0.1) is 13.2 Å². The Morgan fingerprint density at radius 2 is 0.500 bits per heavy atom. The number of benzene rings is 4. The Labute approximate surface area is 403 Å². The highest BCUT2D eigenvalue weighted by Crippen LogP contribution is 2.14. The van der Waals surface area contributed by atoms with E-state index in [-0.39, 0.29) is 101 Å². The quantitative estimate of drug-likeness (QED) is 0.117. The Bertz CT molecular complexity index is 1510. The van der Waals surface area contributed by atoms with Crippen LogP contribution < -0.4 is 0 Å². The molecule has 4 aromatic carbocycles. The predicted molar refractivity (Wildman–Crippen MR) is 295 cm³/mol. The van der Waals surface area contributed by atoms with Gasteiger partial charge in [0.2, 0.25) is 0 Å². The lowest BCUT2D eigenvalue weighted by atomic mass is 10.0. The van der Waals surface area contributed by atoms with Gasteiger partial charge in [0, 0.05) is 28.1 Å². The molecule has 0 aliphatic rings. The Hall–Kier alpha value is -4.26. The molecule has 64 heavy (non-hydrogen) atoms. The highest BCUT2D eigenvalue weighted by molar-refractivity contribution is 5.66. The van der Waals surface area contributed by atoms with Crippen molar-refractivity contribution in [3.8, 4) is 0 Å². The molecule has 0 fully saturated rings. The SMILES string of the molecule is C.C.C.C.C.C.C.C.C.C.C.C.CCc1cc(CC)cc(COC(C)=O)c1.CCc1cc(CC)cc(COC)c1.CCc1ccc(COC(C)=O)cc1.CCc1ccc(COC)cc1. The van der Waals surface area contributed by atoms with E-state index in [0.29, 0.717) is 19.8 Å². The van der Waals surface area contributed by atoms with Crippen molar-refractivity contribution in [2.75, 3.05) is 14.2 Å². The maximum absolute atomic E-state index is 10.7. The fraction of sp³-hybridized carbons (Fsp3) is 0.552. The Balaban J connectivity index is -0.0000000532. The predicted octanol–water partition coefficient (Wildman–Crippen LogP) is 18.2. The van der Waals surface area contributed by atoms with Crippen molar-refractivity contribution in [2.24, 2.45) is 0 Å². The van der Waals surface area contributed by atoms with Gasteiger partial charge in [0.25, 0.3) is 0 Å². The number of aryl methyl sites for hydroxylation is 6. The van der Waals surface area contributed by atoms with E-state index >= 15 is 0 Å². The van der Waals surface area contributed by atoms with Crippen LogP contribution in [0, 0.1) is 0 Å². The molecule has 0 saturated heterocycles. The van der Waals surface area contributed by atoms with Gasteiger partial charge in [-0.1, -0.05) is 216 Å². The summed E-state index contributed by atoms with van der Waals surface area (Å²) >= 11 is 0. The second kappa shape index (κ2) is 54.9. The van der Waals surface area contributed by atoms with E-state index < -0.39 is 0 Å². The largest absolute Gasteiger partial charge is 0.461 e. The number of carbonyl (C=O) groups excluding carboxylic acids is 2. The second-order valence-corrected chi connectivity index (χ2v) is 12.5. The number of esters is 2. The Morgan fingerprint density at radius 1 is 0.312 bits per heavy atom. The summed E-state index contributed by atoms with van der Waals surface area (Å²) in [4.78, 5) is 21.2. The van der Waals surface area contributed by atoms with Crippen LogP contribution in [0.1, 0.15) is 200 Å². The van der Waals surface area contributed by atoms with Gasteiger partial charge in [-0.25, -0.2) is 0 Å². The van der Waals surface area contributed by atoms with Crippen LogP contribution in [0.4, 0.5) is 0 Å². The summed E-state index contributed by atoms with van der Waals surface area (Å²) < 4.78 is 20.0. The van der Waals surface area contributed by atoms with Crippen LogP contribution >= 0.6 is 0 Å². The topological polar surface area (TPSA) is 71.1 Å². The molecule has 0 saturated carbocycles. The lowest BCUT2D eigenvalue weighted by Crippen LogP contribution is -2.00. The van der Waals surface area contributed by atoms with Crippen LogP contribution in [0.25, 0.3) is 0 Å². The van der Waals surface area contributed by atoms with Crippen molar-refractivity contribution < 1.29 is 28.5 Å². The van der Waals surface area contributed by atoms with E-state index in [4.69, 9.17) is 18.9 Å². The van der Waals surface area contributed by atoms with Crippen molar-refractivity contribution in [3.05, 3.63) is 141 Å². The highest BCUT2D eigenvalue weighted by atomic mass is 16.5. The summed E-state index contributed by atoms with van der Waals surface area (Å²) in [5.74, 6) is -0.463. The van der Waals surface area contributed by atoms with Crippen LogP contribution in [0.2, 0.25) is 0 Å². The minimum absolute atomic E-state index is 0. The van der Waals surface area contributed by atoms with E-state index in [2.05, 4.69) is 114 Å². The third kappa shape index (κ3) is 40.5. The van der Waals surface area contributed by atoms with Gasteiger partial charge in [0.15, 0.2) is 0 Å². The van der Waals surface area contributed by atoms with Gasteiger partial charge in [-0.3, -0.25) is 9.59 Å². The molecular weight excluding hydrogens is 793 g/mol. The molecule has 0 heterocycles. The summed E-state index contributed by atoms with van der Waals surface area (Å²) in [5, 5.41) is 0. The number of methoxy groups -OCH3 is 2. The summed E-state index contributed by atoms with van der Waals surface area (Å²) in [7, 11) is 3.46. The maximum atomic E-state index is 10.7. The first-order valence-corrected chi connectivity index (χ1v) is 18.7. The first kappa shape index (κ1) is 90.4. The minimum atomic E-state index is -0.237. The summed E-state index contributed by atoms with van der Waals surface area (Å²) in [6, 6.07) is 29.7. The summed E-state index contributed by atoms with van der Waals surface area (Å²) in [5.41, 5.74) is 12.7. The van der Waals surface area contributed by atoms with E-state index in [1.807, 2.05) is 12.1 Å². The molecule has 6 heteroatoms. The molecule has 0 atom stereocenters. The average molecular weight is 906 g/mol. The van der Waals surface area contributed by atoms with Gasteiger partial charge < -0.3 is 18.9 Å². The molecule has 0 N–H and O–H groups in total. The molecule has 0 bridgehead atoms. The van der Waals surface area contributed by atoms with E-state index in [0.717, 1.165) is 56.3 Å². The average Bonchev–Trinajstić information content (AvgIpc) is 3.17. The maximum Gasteiger partial charge on any atom is 0.302 e. The standard InChI is InChI=1S/C13H18O2.C12H18O.C11H14O2.C10H14O.12CH4/c1-4-11-6-12(5-2)8-13(7-11)9-15-10(3)14;1-4-10-6-11(5-2)8-12(7-10)9-13-3;1-3-10-4-6-11(7-5-10)8-13-9(2)12;1-3-9-4-6-10(7-5-9)8-11-2;;;;;;;;;;;;/h6-8H,4-5,9H2,1-3H3;6-8H,4-5,9H2,1-3H3;4-7H,3,8H2,1-2H3;4-7H,3,8H2,1-2H3;12*1H4. The summed E-state index contributed by atoms with van der Waals surface area (Å²) in [6.07, 6.45) is 6.37. The monoisotopic (exact) mass is 905 g/mol. The third-order valence-corrected chi connectivity index (χ3v) is 8.23. The molecule has 0 spiro atoms. The van der Waals surface area contributed by atoms with Crippen LogP contribution in [0.15, 0.2) is 84.9 Å². The first-order chi connectivity index (χ1) is 25.0. The van der Waals surface area contributed by atoms with E-state index in [1.54, 1.807) is 14.2 Å². The molecule has 0 aromatic heterocycles. The molecule has 0 radical (unpaired) electrons. The van der Waals surface area contributed by atoms with Crippen LogP contribution in [0.3, 0.4) is 0 Å². The normalized spacial score (nSPS) is 8.16. The zero-order valence-corrected chi connectivity index (χ0v) is 33.6. The lowest BCUT2D eigenvalue weighted by Gasteiger charge is -2.07. The fourth-order valence-electron chi connectivity index (χ4n) is 5.11. The van der Waals surface area contributed by atoms with E-state index in [9.17, 15) is 9.59 Å². The lowest BCUT2D eigenvalue weighted by molar-refractivity contribution is -0.143. The van der Waals surface area contributed by atoms with Gasteiger partial charge in [-0.2, -0.15) is 0 Å². The zero-order chi connectivity index (χ0) is 38.7.